The highest BCUT2D eigenvalue weighted by Crippen LogP contribution is 2.21. The second-order valence-electron chi connectivity index (χ2n) is 5.79. The fraction of sp³-hybridized carbons (Fsp3) is 0.467. The van der Waals surface area contributed by atoms with E-state index in [2.05, 4.69) is 9.88 Å². The molecular weight excluding hydrogens is 254 g/mol. The molecule has 3 heterocycles. The van der Waals surface area contributed by atoms with Gasteiger partial charge in [0.2, 0.25) is 0 Å². The van der Waals surface area contributed by atoms with Crippen LogP contribution in [0.1, 0.15) is 25.5 Å². The summed E-state index contributed by atoms with van der Waals surface area (Å²) in [5.41, 5.74) is 0.878. The molecular formula is C15H19N3O2. The number of hydrogen-bond acceptors (Lipinski definition) is 4. The molecule has 0 saturated carbocycles. The molecule has 0 radical (unpaired) electrons. The first kappa shape index (κ1) is 13.3. The van der Waals surface area contributed by atoms with Crippen LogP contribution in [0.4, 0.5) is 0 Å². The minimum atomic E-state index is -0.549. The molecule has 2 aromatic heterocycles. The van der Waals surface area contributed by atoms with Crippen molar-refractivity contribution in [2.24, 2.45) is 0 Å². The Morgan fingerprint density at radius 1 is 1.35 bits per heavy atom. The van der Waals surface area contributed by atoms with E-state index in [4.69, 9.17) is 0 Å². The zero-order valence-corrected chi connectivity index (χ0v) is 11.6. The third-order valence-corrected chi connectivity index (χ3v) is 3.94. The molecule has 1 aliphatic rings. The molecule has 0 unspecified atom stereocenters. The summed E-state index contributed by atoms with van der Waals surface area (Å²) < 4.78 is 1.55. The van der Waals surface area contributed by atoms with E-state index in [1.165, 1.54) is 0 Å². The van der Waals surface area contributed by atoms with Crippen LogP contribution >= 0.6 is 0 Å². The van der Waals surface area contributed by atoms with Gasteiger partial charge in [0.15, 0.2) is 0 Å². The van der Waals surface area contributed by atoms with Gasteiger partial charge < -0.3 is 5.11 Å². The second-order valence-corrected chi connectivity index (χ2v) is 5.79. The van der Waals surface area contributed by atoms with E-state index in [0.29, 0.717) is 12.2 Å². The summed E-state index contributed by atoms with van der Waals surface area (Å²) in [4.78, 5) is 18.8. The van der Waals surface area contributed by atoms with Gasteiger partial charge in [-0.05, 0) is 31.9 Å². The van der Waals surface area contributed by atoms with Crippen molar-refractivity contribution in [2.75, 3.05) is 13.1 Å². The lowest BCUT2D eigenvalue weighted by Gasteiger charge is -2.35. The summed E-state index contributed by atoms with van der Waals surface area (Å²) in [5.74, 6) is 0. The van der Waals surface area contributed by atoms with Crippen LogP contribution < -0.4 is 5.56 Å². The number of piperidine rings is 1. The molecule has 0 bridgehead atoms. The molecule has 1 aliphatic heterocycles. The summed E-state index contributed by atoms with van der Waals surface area (Å²) in [6.45, 7) is 4.22. The summed E-state index contributed by atoms with van der Waals surface area (Å²) in [5, 5.41) is 9.95. The average Bonchev–Trinajstić information content (AvgIpc) is 2.41. The number of nitrogens with zero attached hydrogens (tertiary/aromatic N) is 3. The van der Waals surface area contributed by atoms with E-state index in [1.54, 1.807) is 16.7 Å². The van der Waals surface area contributed by atoms with Crippen LogP contribution in [-0.2, 0) is 6.54 Å². The molecule has 5 nitrogen and oxygen atoms in total. The van der Waals surface area contributed by atoms with Crippen molar-refractivity contribution >= 4 is 5.65 Å². The number of aromatic nitrogens is 2. The molecule has 0 spiro atoms. The zero-order chi connectivity index (χ0) is 14.2. The highest BCUT2D eigenvalue weighted by Gasteiger charge is 2.27. The summed E-state index contributed by atoms with van der Waals surface area (Å²) in [6, 6.07) is 7.14. The summed E-state index contributed by atoms with van der Waals surface area (Å²) in [6.07, 6.45) is 3.26. The van der Waals surface area contributed by atoms with Gasteiger partial charge in [-0.15, -0.1) is 0 Å². The number of hydrogen-bond donors (Lipinski definition) is 1. The van der Waals surface area contributed by atoms with Crippen LogP contribution in [-0.4, -0.2) is 38.1 Å². The first-order valence-electron chi connectivity index (χ1n) is 6.96. The molecule has 2 aromatic rings. The third kappa shape index (κ3) is 2.73. The van der Waals surface area contributed by atoms with Crippen molar-refractivity contribution in [3.63, 3.8) is 0 Å². The van der Waals surface area contributed by atoms with Gasteiger partial charge in [-0.1, -0.05) is 6.07 Å². The first-order valence-corrected chi connectivity index (χ1v) is 6.96. The summed E-state index contributed by atoms with van der Waals surface area (Å²) >= 11 is 0. The SMILES string of the molecule is CC1(O)CCN(Cc2cc(=O)n3ccccc3n2)CC1. The maximum absolute atomic E-state index is 12.0. The Morgan fingerprint density at radius 3 is 2.85 bits per heavy atom. The van der Waals surface area contributed by atoms with Crippen LogP contribution in [0.3, 0.4) is 0 Å². The van der Waals surface area contributed by atoms with Gasteiger partial charge in [0.1, 0.15) is 5.65 Å². The molecule has 0 amide bonds. The van der Waals surface area contributed by atoms with Crippen molar-refractivity contribution in [1.82, 2.24) is 14.3 Å². The topological polar surface area (TPSA) is 57.8 Å². The molecule has 5 heteroatoms. The molecule has 1 fully saturated rings. The van der Waals surface area contributed by atoms with Gasteiger partial charge in [-0.25, -0.2) is 4.98 Å². The maximum atomic E-state index is 12.0. The van der Waals surface area contributed by atoms with Crippen LogP contribution in [0, 0.1) is 0 Å². The number of aliphatic hydroxyl groups is 1. The van der Waals surface area contributed by atoms with E-state index in [1.807, 2.05) is 25.1 Å². The third-order valence-electron chi connectivity index (χ3n) is 3.94. The zero-order valence-electron chi connectivity index (χ0n) is 11.6. The molecule has 0 aromatic carbocycles. The highest BCUT2D eigenvalue weighted by atomic mass is 16.3. The average molecular weight is 273 g/mol. The van der Waals surface area contributed by atoms with Crippen molar-refractivity contribution in [3.8, 4) is 0 Å². The van der Waals surface area contributed by atoms with Crippen LogP contribution in [0.25, 0.3) is 5.65 Å². The molecule has 3 rings (SSSR count). The Hall–Kier alpha value is -1.72. The smallest absolute Gasteiger partial charge is 0.258 e. The standard InChI is InChI=1S/C15H19N3O2/c1-15(20)5-8-17(9-6-15)11-12-10-14(19)18-7-3-2-4-13(18)16-12/h2-4,7,10,20H,5-6,8-9,11H2,1H3. The van der Waals surface area contributed by atoms with Crippen LogP contribution in [0.2, 0.25) is 0 Å². The first-order chi connectivity index (χ1) is 9.53. The fourth-order valence-electron chi connectivity index (χ4n) is 2.61. The summed E-state index contributed by atoms with van der Waals surface area (Å²) in [7, 11) is 0. The lowest BCUT2D eigenvalue weighted by atomic mass is 9.94. The Kier molecular flexibility index (Phi) is 3.31. The molecule has 1 N–H and O–H groups in total. The van der Waals surface area contributed by atoms with Crippen molar-refractivity contribution in [2.45, 2.75) is 31.9 Å². The predicted octanol–water partition coefficient (Wildman–Crippen LogP) is 1.04. The van der Waals surface area contributed by atoms with Gasteiger partial charge in [0, 0.05) is 31.9 Å². The van der Waals surface area contributed by atoms with Crippen molar-refractivity contribution in [1.29, 1.82) is 0 Å². The molecule has 1 saturated heterocycles. The highest BCUT2D eigenvalue weighted by molar-refractivity contribution is 5.37. The lowest BCUT2D eigenvalue weighted by molar-refractivity contribution is -0.00757. The normalized spacial score (nSPS) is 19.3. The fourth-order valence-corrected chi connectivity index (χ4v) is 2.61. The molecule has 20 heavy (non-hydrogen) atoms. The van der Waals surface area contributed by atoms with Gasteiger partial charge in [-0.3, -0.25) is 14.1 Å². The largest absolute Gasteiger partial charge is 0.390 e. The Balaban J connectivity index is 1.80. The molecule has 0 aliphatic carbocycles. The number of pyridine rings is 1. The Labute approximate surface area is 117 Å². The molecule has 0 atom stereocenters. The Bertz CT molecular complexity index is 668. The Morgan fingerprint density at radius 2 is 2.10 bits per heavy atom. The minimum Gasteiger partial charge on any atom is -0.390 e. The van der Waals surface area contributed by atoms with Gasteiger partial charge in [0.25, 0.3) is 5.56 Å². The van der Waals surface area contributed by atoms with Crippen molar-refractivity contribution in [3.05, 3.63) is 46.5 Å². The molecule has 106 valence electrons. The van der Waals surface area contributed by atoms with E-state index < -0.39 is 5.60 Å². The van der Waals surface area contributed by atoms with Gasteiger partial charge in [0.05, 0.1) is 11.3 Å². The number of rotatable bonds is 2. The van der Waals surface area contributed by atoms with Gasteiger partial charge >= 0.3 is 0 Å². The van der Waals surface area contributed by atoms with E-state index >= 15 is 0 Å². The maximum Gasteiger partial charge on any atom is 0.258 e. The minimum absolute atomic E-state index is 0.0467. The predicted molar refractivity (Wildman–Crippen MR) is 76.6 cm³/mol. The van der Waals surface area contributed by atoms with Crippen LogP contribution in [0.5, 0.6) is 0 Å². The lowest BCUT2D eigenvalue weighted by Crippen LogP contribution is -2.42. The van der Waals surface area contributed by atoms with E-state index in [-0.39, 0.29) is 5.56 Å². The second kappa shape index (κ2) is 5.00. The number of likely N-dealkylation sites (tertiary alicyclic amines) is 1. The van der Waals surface area contributed by atoms with Crippen molar-refractivity contribution < 1.29 is 5.11 Å². The van der Waals surface area contributed by atoms with E-state index in [9.17, 15) is 9.90 Å². The number of fused-ring (bicyclic) bond motifs is 1. The van der Waals surface area contributed by atoms with Crippen LogP contribution in [0.15, 0.2) is 35.3 Å². The van der Waals surface area contributed by atoms with Gasteiger partial charge in [-0.2, -0.15) is 0 Å². The quantitative estimate of drug-likeness (QED) is 0.888. The van der Waals surface area contributed by atoms with E-state index in [0.717, 1.165) is 31.6 Å². The monoisotopic (exact) mass is 273 g/mol.